The molecule has 1 aliphatic carbocycles. The lowest BCUT2D eigenvalue weighted by molar-refractivity contribution is 0.663. The van der Waals surface area contributed by atoms with Gasteiger partial charge in [0, 0.05) is 17.4 Å². The molecular weight excluding hydrogens is 199 g/mol. The van der Waals surface area contributed by atoms with E-state index in [9.17, 15) is 4.39 Å². The highest BCUT2D eigenvalue weighted by Crippen LogP contribution is 2.18. The third kappa shape index (κ3) is 3.55. The second-order valence-electron chi connectivity index (χ2n) is 2.98. The van der Waals surface area contributed by atoms with E-state index in [1.807, 2.05) is 23.9 Å². The van der Waals surface area contributed by atoms with E-state index in [1.54, 1.807) is 0 Å². The topological polar surface area (TPSA) is 38.0 Å². The van der Waals surface area contributed by atoms with Gasteiger partial charge in [-0.25, -0.2) is 4.39 Å². The van der Waals surface area contributed by atoms with Crippen LogP contribution in [0.15, 0.2) is 35.8 Å². The van der Waals surface area contributed by atoms with Gasteiger partial charge in [0.1, 0.15) is 5.83 Å². The lowest BCUT2D eigenvalue weighted by Gasteiger charge is -2.07. The summed E-state index contributed by atoms with van der Waals surface area (Å²) in [5, 5.41) is 0. The molecular formula is C10H15FN2S. The number of halogens is 1. The average Bonchev–Trinajstić information content (AvgIpc) is 2.37. The Kier molecular flexibility index (Phi) is 4.76. The largest absolute Gasteiger partial charge is 0.324 e. The van der Waals surface area contributed by atoms with Crippen molar-refractivity contribution in [1.82, 2.24) is 5.43 Å². The molecule has 3 N–H and O–H groups in total. The Bertz CT molecular complexity index is 271. The van der Waals surface area contributed by atoms with Crippen LogP contribution in [-0.2, 0) is 0 Å². The minimum atomic E-state index is -0.266. The molecule has 0 fully saturated rings. The molecule has 1 rings (SSSR count). The molecule has 1 aliphatic rings. The van der Waals surface area contributed by atoms with Crippen LogP contribution >= 0.6 is 11.8 Å². The zero-order valence-electron chi connectivity index (χ0n) is 8.16. The van der Waals surface area contributed by atoms with Crippen molar-refractivity contribution in [3.8, 4) is 0 Å². The van der Waals surface area contributed by atoms with Gasteiger partial charge in [0.15, 0.2) is 0 Å². The number of rotatable bonds is 4. The van der Waals surface area contributed by atoms with E-state index in [0.29, 0.717) is 5.70 Å². The Morgan fingerprint density at radius 1 is 1.64 bits per heavy atom. The second-order valence-corrected chi connectivity index (χ2v) is 4.30. The molecule has 0 unspecified atom stereocenters. The highest BCUT2D eigenvalue weighted by molar-refractivity contribution is 7.99. The average molecular weight is 214 g/mol. The quantitative estimate of drug-likeness (QED) is 0.556. The molecule has 0 aromatic rings. The third-order valence-electron chi connectivity index (χ3n) is 1.87. The molecule has 1 atom stereocenters. The summed E-state index contributed by atoms with van der Waals surface area (Å²) in [4.78, 5) is 0. The van der Waals surface area contributed by atoms with Gasteiger partial charge in [-0.1, -0.05) is 19.1 Å². The van der Waals surface area contributed by atoms with Crippen molar-refractivity contribution in [3.63, 3.8) is 0 Å². The third-order valence-corrected chi connectivity index (χ3v) is 2.90. The summed E-state index contributed by atoms with van der Waals surface area (Å²) in [5.74, 6) is 7.27. The van der Waals surface area contributed by atoms with E-state index in [1.165, 1.54) is 12.2 Å². The first-order valence-electron chi connectivity index (χ1n) is 4.58. The molecule has 0 heterocycles. The van der Waals surface area contributed by atoms with Gasteiger partial charge in [-0.05, 0) is 17.9 Å². The predicted octanol–water partition coefficient (Wildman–Crippen LogP) is 2.13. The van der Waals surface area contributed by atoms with Gasteiger partial charge < -0.3 is 5.43 Å². The van der Waals surface area contributed by atoms with E-state index in [-0.39, 0.29) is 11.7 Å². The summed E-state index contributed by atoms with van der Waals surface area (Å²) in [5.41, 5.74) is 3.11. The van der Waals surface area contributed by atoms with Crippen LogP contribution in [0.4, 0.5) is 4.39 Å². The Morgan fingerprint density at radius 2 is 2.43 bits per heavy atom. The van der Waals surface area contributed by atoms with Gasteiger partial charge in [0.05, 0.1) is 0 Å². The summed E-state index contributed by atoms with van der Waals surface area (Å²) < 4.78 is 13.0. The molecule has 0 aliphatic heterocycles. The van der Waals surface area contributed by atoms with Gasteiger partial charge in [-0.2, -0.15) is 11.8 Å². The zero-order valence-corrected chi connectivity index (χ0v) is 8.98. The Balaban J connectivity index is 2.66. The minimum absolute atomic E-state index is 0.246. The summed E-state index contributed by atoms with van der Waals surface area (Å²) in [6.07, 6.45) is 6.68. The molecule has 0 bridgehead atoms. The van der Waals surface area contributed by atoms with Crippen LogP contribution in [0.2, 0.25) is 0 Å². The summed E-state index contributed by atoms with van der Waals surface area (Å²) in [6.45, 7) is 2.11. The first-order chi connectivity index (χ1) is 6.76. The van der Waals surface area contributed by atoms with Crippen molar-refractivity contribution in [2.75, 3.05) is 11.5 Å². The number of hydrogen-bond donors (Lipinski definition) is 2. The number of allylic oxidation sites excluding steroid dienone is 5. The molecule has 0 saturated carbocycles. The molecule has 78 valence electrons. The van der Waals surface area contributed by atoms with Crippen molar-refractivity contribution in [2.24, 2.45) is 11.8 Å². The maximum Gasteiger partial charge on any atom is 0.125 e. The van der Waals surface area contributed by atoms with Crippen LogP contribution in [0, 0.1) is 5.92 Å². The summed E-state index contributed by atoms with van der Waals surface area (Å²) >= 11 is 1.83. The maximum absolute atomic E-state index is 13.0. The molecule has 0 aromatic heterocycles. The molecule has 2 nitrogen and oxygen atoms in total. The fourth-order valence-corrected chi connectivity index (χ4v) is 1.91. The Hall–Kier alpha value is -0.740. The Morgan fingerprint density at radius 3 is 3.07 bits per heavy atom. The second kappa shape index (κ2) is 5.88. The molecule has 0 spiro atoms. The van der Waals surface area contributed by atoms with Crippen LogP contribution in [-0.4, -0.2) is 11.5 Å². The fraction of sp³-hybridized carbons (Fsp3) is 0.400. The van der Waals surface area contributed by atoms with E-state index in [4.69, 9.17) is 5.84 Å². The molecule has 0 amide bonds. The lowest BCUT2D eigenvalue weighted by atomic mass is 10.1. The van der Waals surface area contributed by atoms with E-state index in [0.717, 1.165) is 11.5 Å². The van der Waals surface area contributed by atoms with Crippen LogP contribution in [0.1, 0.15) is 6.92 Å². The lowest BCUT2D eigenvalue weighted by Crippen LogP contribution is -2.20. The van der Waals surface area contributed by atoms with Crippen LogP contribution in [0.5, 0.6) is 0 Å². The highest BCUT2D eigenvalue weighted by Gasteiger charge is 2.06. The summed E-state index contributed by atoms with van der Waals surface area (Å²) in [6, 6.07) is 0. The number of thioether (sulfide) groups is 1. The van der Waals surface area contributed by atoms with Gasteiger partial charge in [0.2, 0.25) is 0 Å². The number of hydrogen-bond acceptors (Lipinski definition) is 3. The van der Waals surface area contributed by atoms with E-state index in [2.05, 4.69) is 12.3 Å². The Labute approximate surface area is 88.1 Å². The number of nitrogens with two attached hydrogens (primary N) is 1. The van der Waals surface area contributed by atoms with Crippen molar-refractivity contribution >= 4 is 11.8 Å². The van der Waals surface area contributed by atoms with Crippen molar-refractivity contribution in [1.29, 1.82) is 0 Å². The molecule has 0 saturated heterocycles. The number of nitrogens with one attached hydrogen (secondary N) is 1. The van der Waals surface area contributed by atoms with E-state index >= 15 is 0 Å². The van der Waals surface area contributed by atoms with Gasteiger partial charge in [-0.15, -0.1) is 0 Å². The molecule has 4 heteroatoms. The van der Waals surface area contributed by atoms with Gasteiger partial charge in [0.25, 0.3) is 0 Å². The van der Waals surface area contributed by atoms with Crippen LogP contribution in [0.25, 0.3) is 0 Å². The van der Waals surface area contributed by atoms with Crippen molar-refractivity contribution in [3.05, 3.63) is 35.8 Å². The van der Waals surface area contributed by atoms with E-state index < -0.39 is 0 Å². The SMILES string of the molecule is CCSC[C@@H]1C=CC(F)=CC(NN)=C1. The molecule has 0 aromatic carbocycles. The highest BCUT2D eigenvalue weighted by atomic mass is 32.2. The van der Waals surface area contributed by atoms with Crippen LogP contribution in [0.3, 0.4) is 0 Å². The monoisotopic (exact) mass is 214 g/mol. The maximum atomic E-state index is 13.0. The smallest absolute Gasteiger partial charge is 0.125 e. The predicted molar refractivity (Wildman–Crippen MR) is 60.2 cm³/mol. The normalized spacial score (nSPS) is 21.2. The van der Waals surface area contributed by atoms with Crippen molar-refractivity contribution < 1.29 is 4.39 Å². The van der Waals surface area contributed by atoms with Crippen molar-refractivity contribution in [2.45, 2.75) is 6.92 Å². The number of hydrazine groups is 1. The molecule has 14 heavy (non-hydrogen) atoms. The van der Waals surface area contributed by atoms with Gasteiger partial charge in [-0.3, -0.25) is 5.84 Å². The van der Waals surface area contributed by atoms with Crippen LogP contribution < -0.4 is 11.3 Å². The molecule has 0 radical (unpaired) electrons. The first kappa shape index (κ1) is 11.3. The summed E-state index contributed by atoms with van der Waals surface area (Å²) in [7, 11) is 0. The minimum Gasteiger partial charge on any atom is -0.324 e. The standard InChI is InChI=1S/C10H15FN2S/c1-2-14-7-8-3-4-9(11)6-10(5-8)13-12/h3-6,8,13H,2,7,12H2,1H3/t8-/m1/s1. The van der Waals surface area contributed by atoms with Gasteiger partial charge >= 0.3 is 0 Å². The fourth-order valence-electron chi connectivity index (χ4n) is 1.19. The zero-order chi connectivity index (χ0) is 10.4. The first-order valence-corrected chi connectivity index (χ1v) is 5.73.